The molecule has 2 rings (SSSR count). The molecular formula is C7H13ClF2N2. The molecule has 0 aliphatic carbocycles. The van der Waals surface area contributed by atoms with Crippen molar-refractivity contribution in [2.45, 2.75) is 24.3 Å². The lowest BCUT2D eigenvalue weighted by molar-refractivity contribution is 0.0168. The minimum absolute atomic E-state index is 0. The first kappa shape index (κ1) is 10.2. The second-order valence-corrected chi connectivity index (χ2v) is 3.59. The molecule has 0 saturated carbocycles. The van der Waals surface area contributed by atoms with Gasteiger partial charge in [0.05, 0.1) is 6.54 Å². The van der Waals surface area contributed by atoms with Gasteiger partial charge in [-0.3, -0.25) is 0 Å². The molecule has 0 aromatic carbocycles. The predicted octanol–water partition coefficient (Wildman–Crippen LogP) is 0.769. The van der Waals surface area contributed by atoms with Crippen LogP contribution in [0, 0.1) is 0 Å². The Hall–Kier alpha value is 0.0700. The Morgan fingerprint density at radius 1 is 1.17 bits per heavy atom. The van der Waals surface area contributed by atoms with Crippen LogP contribution in [0.1, 0.15) is 12.8 Å². The number of nitrogens with one attached hydrogen (secondary N) is 2. The van der Waals surface area contributed by atoms with Crippen molar-refractivity contribution >= 4 is 12.4 Å². The summed E-state index contributed by atoms with van der Waals surface area (Å²) < 4.78 is 25.5. The Morgan fingerprint density at radius 3 is 2.33 bits per heavy atom. The molecular weight excluding hydrogens is 186 g/mol. The van der Waals surface area contributed by atoms with Crippen LogP contribution in [-0.2, 0) is 0 Å². The summed E-state index contributed by atoms with van der Waals surface area (Å²) >= 11 is 0. The fraction of sp³-hybridized carbons (Fsp3) is 1.00. The summed E-state index contributed by atoms with van der Waals surface area (Å²) in [6, 6.07) is 0. The van der Waals surface area contributed by atoms with E-state index in [1.807, 2.05) is 0 Å². The van der Waals surface area contributed by atoms with Gasteiger partial charge in [0.1, 0.15) is 0 Å². The second kappa shape index (κ2) is 3.09. The highest BCUT2D eigenvalue weighted by atomic mass is 35.5. The van der Waals surface area contributed by atoms with Gasteiger partial charge in [0.15, 0.2) is 0 Å². The standard InChI is InChI=1S/C7H12F2N2.ClH/c8-7(9)3-6(11-5-7)1-2-10-4-6;/h10-11H,1-5H2;1H. The molecule has 1 atom stereocenters. The van der Waals surface area contributed by atoms with Crippen molar-refractivity contribution in [3.8, 4) is 0 Å². The molecule has 2 saturated heterocycles. The molecule has 1 spiro atoms. The number of rotatable bonds is 0. The maximum atomic E-state index is 12.8. The van der Waals surface area contributed by atoms with Gasteiger partial charge in [-0.2, -0.15) is 0 Å². The number of halogens is 3. The van der Waals surface area contributed by atoms with Crippen molar-refractivity contribution in [2.24, 2.45) is 0 Å². The fourth-order valence-corrected chi connectivity index (χ4v) is 1.98. The Bertz CT molecular complexity index is 169. The molecule has 2 N–H and O–H groups in total. The van der Waals surface area contributed by atoms with Crippen molar-refractivity contribution in [2.75, 3.05) is 19.6 Å². The monoisotopic (exact) mass is 198 g/mol. The van der Waals surface area contributed by atoms with E-state index in [4.69, 9.17) is 0 Å². The second-order valence-electron chi connectivity index (χ2n) is 3.59. The first-order valence-electron chi connectivity index (χ1n) is 3.96. The van der Waals surface area contributed by atoms with Crippen molar-refractivity contribution in [3.63, 3.8) is 0 Å². The lowest BCUT2D eigenvalue weighted by Gasteiger charge is -2.21. The van der Waals surface area contributed by atoms with Crippen LogP contribution in [0.5, 0.6) is 0 Å². The van der Waals surface area contributed by atoms with Gasteiger partial charge in [-0.25, -0.2) is 8.78 Å². The molecule has 12 heavy (non-hydrogen) atoms. The third-order valence-corrected chi connectivity index (χ3v) is 2.56. The van der Waals surface area contributed by atoms with Crippen molar-refractivity contribution in [3.05, 3.63) is 0 Å². The third kappa shape index (κ3) is 1.70. The summed E-state index contributed by atoms with van der Waals surface area (Å²) in [6.07, 6.45) is 0.843. The highest BCUT2D eigenvalue weighted by Gasteiger charge is 2.50. The Morgan fingerprint density at radius 2 is 1.92 bits per heavy atom. The van der Waals surface area contributed by atoms with Crippen LogP contribution in [0.15, 0.2) is 0 Å². The van der Waals surface area contributed by atoms with Crippen LogP contribution in [-0.4, -0.2) is 31.1 Å². The lowest BCUT2D eigenvalue weighted by atomic mass is 9.96. The normalized spacial score (nSPS) is 38.5. The number of hydrogen-bond donors (Lipinski definition) is 2. The molecule has 2 fully saturated rings. The third-order valence-electron chi connectivity index (χ3n) is 2.56. The van der Waals surface area contributed by atoms with Gasteiger partial charge in [0, 0.05) is 18.5 Å². The highest BCUT2D eigenvalue weighted by molar-refractivity contribution is 5.85. The van der Waals surface area contributed by atoms with E-state index in [2.05, 4.69) is 10.6 Å². The SMILES string of the molecule is Cl.FC1(F)CNC2(CCNC2)C1. The predicted molar refractivity (Wildman–Crippen MR) is 45.0 cm³/mol. The number of hydrogen-bond acceptors (Lipinski definition) is 2. The lowest BCUT2D eigenvalue weighted by Crippen LogP contribution is -2.41. The molecule has 0 radical (unpaired) electrons. The molecule has 1 unspecified atom stereocenters. The quantitative estimate of drug-likeness (QED) is 0.601. The van der Waals surface area contributed by atoms with E-state index in [-0.39, 0.29) is 30.9 Å². The molecule has 5 heteroatoms. The van der Waals surface area contributed by atoms with E-state index in [9.17, 15) is 8.78 Å². The van der Waals surface area contributed by atoms with Crippen molar-refractivity contribution in [1.29, 1.82) is 0 Å². The minimum Gasteiger partial charge on any atom is -0.315 e. The van der Waals surface area contributed by atoms with Crippen LogP contribution < -0.4 is 10.6 Å². The van der Waals surface area contributed by atoms with E-state index < -0.39 is 5.92 Å². The summed E-state index contributed by atoms with van der Waals surface area (Å²) in [5, 5.41) is 6.01. The Balaban J connectivity index is 0.000000720. The molecule has 2 aliphatic rings. The molecule has 2 heterocycles. The van der Waals surface area contributed by atoms with E-state index in [1.54, 1.807) is 0 Å². The topological polar surface area (TPSA) is 24.1 Å². The molecule has 2 nitrogen and oxygen atoms in total. The highest BCUT2D eigenvalue weighted by Crippen LogP contribution is 2.35. The zero-order valence-electron chi connectivity index (χ0n) is 6.70. The average molecular weight is 199 g/mol. The Labute approximate surface area is 76.5 Å². The summed E-state index contributed by atoms with van der Waals surface area (Å²) in [4.78, 5) is 0. The zero-order valence-corrected chi connectivity index (χ0v) is 7.52. The summed E-state index contributed by atoms with van der Waals surface area (Å²) in [7, 11) is 0. The molecule has 0 amide bonds. The van der Waals surface area contributed by atoms with Crippen LogP contribution in [0.4, 0.5) is 8.78 Å². The Kier molecular flexibility index (Phi) is 2.61. The minimum atomic E-state index is -2.48. The fourth-order valence-electron chi connectivity index (χ4n) is 1.98. The van der Waals surface area contributed by atoms with Crippen LogP contribution in [0.3, 0.4) is 0 Å². The van der Waals surface area contributed by atoms with Gasteiger partial charge in [0.2, 0.25) is 0 Å². The van der Waals surface area contributed by atoms with E-state index in [1.165, 1.54) is 0 Å². The van der Waals surface area contributed by atoms with Gasteiger partial charge in [0.25, 0.3) is 5.92 Å². The molecule has 2 aliphatic heterocycles. The molecule has 0 bridgehead atoms. The largest absolute Gasteiger partial charge is 0.315 e. The van der Waals surface area contributed by atoms with Gasteiger partial charge in [-0.1, -0.05) is 0 Å². The van der Waals surface area contributed by atoms with Crippen molar-refractivity contribution < 1.29 is 8.78 Å². The maximum absolute atomic E-state index is 12.8. The molecule has 0 aromatic rings. The summed E-state index contributed by atoms with van der Waals surface area (Å²) in [5.74, 6) is -2.48. The molecule has 72 valence electrons. The van der Waals surface area contributed by atoms with Gasteiger partial charge >= 0.3 is 0 Å². The van der Waals surface area contributed by atoms with Crippen LogP contribution in [0.2, 0.25) is 0 Å². The first-order chi connectivity index (χ1) is 5.12. The van der Waals surface area contributed by atoms with Gasteiger partial charge in [-0.15, -0.1) is 12.4 Å². The van der Waals surface area contributed by atoms with E-state index >= 15 is 0 Å². The molecule has 0 aromatic heterocycles. The smallest absolute Gasteiger partial charge is 0.262 e. The van der Waals surface area contributed by atoms with Crippen molar-refractivity contribution in [1.82, 2.24) is 10.6 Å². The summed E-state index contributed by atoms with van der Waals surface area (Å²) in [6.45, 7) is 1.42. The first-order valence-corrected chi connectivity index (χ1v) is 3.96. The van der Waals surface area contributed by atoms with Crippen LogP contribution >= 0.6 is 12.4 Å². The summed E-state index contributed by atoms with van der Waals surface area (Å²) in [5.41, 5.74) is -0.288. The van der Waals surface area contributed by atoms with Gasteiger partial charge < -0.3 is 10.6 Å². The van der Waals surface area contributed by atoms with E-state index in [0.29, 0.717) is 6.54 Å². The van der Waals surface area contributed by atoms with Crippen LogP contribution in [0.25, 0.3) is 0 Å². The number of alkyl halides is 2. The van der Waals surface area contributed by atoms with Gasteiger partial charge in [-0.05, 0) is 13.0 Å². The maximum Gasteiger partial charge on any atom is 0.262 e. The average Bonchev–Trinajstić information content (AvgIpc) is 2.43. The zero-order chi connectivity index (χ0) is 7.95. The van der Waals surface area contributed by atoms with E-state index in [0.717, 1.165) is 13.0 Å².